The average Bonchev–Trinajstić information content (AvgIpc) is 2.93. The monoisotopic (exact) mass is 351 g/mol. The average molecular weight is 351 g/mol. The van der Waals surface area contributed by atoms with Gasteiger partial charge in [-0.05, 0) is 22.0 Å². The first-order chi connectivity index (χ1) is 11.8. The Morgan fingerprint density at radius 2 is 2.20 bits per heavy atom. The lowest BCUT2D eigenvalue weighted by Gasteiger charge is -2.15. The maximum absolute atomic E-state index is 11.2. The zero-order valence-corrected chi connectivity index (χ0v) is 13.6. The Morgan fingerprint density at radius 3 is 2.76 bits per heavy atom. The Balaban J connectivity index is 2.06. The summed E-state index contributed by atoms with van der Waals surface area (Å²) in [6, 6.07) is 4.23. The van der Waals surface area contributed by atoms with Gasteiger partial charge in [0.1, 0.15) is 36.0 Å². The van der Waals surface area contributed by atoms with Crippen molar-refractivity contribution in [3.63, 3.8) is 0 Å². The van der Waals surface area contributed by atoms with Crippen LogP contribution in [0.1, 0.15) is 16.2 Å². The number of rotatable bonds is 8. The first-order valence-corrected chi connectivity index (χ1v) is 7.22. The molecular weight excluding hydrogens is 334 g/mol. The number of aromatic carboxylic acids is 1. The minimum Gasteiger partial charge on any atom is -0.497 e. The number of imidazole rings is 1. The summed E-state index contributed by atoms with van der Waals surface area (Å²) in [6.45, 7) is 1.38. The Morgan fingerprint density at radius 1 is 1.48 bits per heavy atom. The van der Waals surface area contributed by atoms with Crippen molar-refractivity contribution in [1.29, 1.82) is 0 Å². The summed E-state index contributed by atoms with van der Waals surface area (Å²) in [6.07, 6.45) is 0.188. The van der Waals surface area contributed by atoms with E-state index in [1.807, 2.05) is 0 Å². The third-order valence-corrected chi connectivity index (χ3v) is 3.41. The molecule has 0 aliphatic carbocycles. The molecule has 0 spiro atoms. The van der Waals surface area contributed by atoms with Gasteiger partial charge in [-0.25, -0.2) is 4.79 Å². The van der Waals surface area contributed by atoms with E-state index < -0.39 is 17.0 Å². The van der Waals surface area contributed by atoms with Crippen LogP contribution in [0, 0.1) is 17.0 Å². The predicted molar refractivity (Wildman–Crippen MR) is 85.1 cm³/mol. The number of carboxylic acids is 1. The molecule has 2 N–H and O–H groups in total. The van der Waals surface area contributed by atoms with Crippen LogP contribution in [-0.4, -0.2) is 50.5 Å². The Kier molecular flexibility index (Phi) is 5.55. The summed E-state index contributed by atoms with van der Waals surface area (Å²) >= 11 is 0. The molecule has 134 valence electrons. The highest BCUT2D eigenvalue weighted by Gasteiger charge is 2.19. The zero-order valence-electron chi connectivity index (χ0n) is 13.6. The van der Waals surface area contributed by atoms with Gasteiger partial charge in [-0.3, -0.25) is 0 Å². The van der Waals surface area contributed by atoms with Gasteiger partial charge in [0, 0.05) is 13.0 Å². The predicted octanol–water partition coefficient (Wildman–Crippen LogP) is 1.25. The molecule has 0 aliphatic heterocycles. The van der Waals surface area contributed by atoms with Crippen LogP contribution in [0.3, 0.4) is 0 Å². The van der Waals surface area contributed by atoms with Gasteiger partial charge >= 0.3 is 11.8 Å². The number of aromatic nitrogens is 2. The molecule has 0 aliphatic rings. The van der Waals surface area contributed by atoms with Crippen molar-refractivity contribution in [2.75, 3.05) is 13.7 Å². The van der Waals surface area contributed by atoms with E-state index in [1.54, 1.807) is 6.92 Å². The maximum Gasteiger partial charge on any atom is 0.381 e. The number of ether oxygens (including phenoxy) is 2. The number of aliphatic hydroxyl groups is 1. The smallest absolute Gasteiger partial charge is 0.381 e. The molecule has 1 heterocycles. The zero-order chi connectivity index (χ0) is 18.6. The van der Waals surface area contributed by atoms with E-state index in [4.69, 9.17) is 14.6 Å². The van der Waals surface area contributed by atoms with Crippen LogP contribution in [-0.2, 0) is 6.54 Å². The molecule has 25 heavy (non-hydrogen) atoms. The summed E-state index contributed by atoms with van der Waals surface area (Å²) in [5.41, 5.74) is -0.0672. The Hall–Kier alpha value is -3.14. The molecule has 2 aromatic rings. The van der Waals surface area contributed by atoms with E-state index in [-0.39, 0.29) is 30.3 Å². The van der Waals surface area contributed by atoms with Gasteiger partial charge in [0.25, 0.3) is 0 Å². The number of aliphatic hydroxyl groups excluding tert-OH is 1. The first kappa shape index (κ1) is 18.2. The van der Waals surface area contributed by atoms with Crippen molar-refractivity contribution < 1.29 is 29.4 Å². The number of hydrogen-bond acceptors (Lipinski definition) is 7. The topological polar surface area (TPSA) is 137 Å². The van der Waals surface area contributed by atoms with Gasteiger partial charge < -0.3 is 34.4 Å². The third kappa shape index (κ3) is 4.44. The number of methoxy groups -OCH3 is 1. The lowest BCUT2D eigenvalue weighted by molar-refractivity contribution is -0.389. The van der Waals surface area contributed by atoms with E-state index in [1.165, 1.54) is 36.1 Å². The van der Waals surface area contributed by atoms with Crippen molar-refractivity contribution in [2.45, 2.75) is 19.6 Å². The molecule has 0 saturated carbocycles. The third-order valence-electron chi connectivity index (χ3n) is 3.41. The van der Waals surface area contributed by atoms with Crippen molar-refractivity contribution in [2.24, 2.45) is 0 Å². The van der Waals surface area contributed by atoms with E-state index in [0.29, 0.717) is 11.6 Å². The highest BCUT2D eigenvalue weighted by atomic mass is 16.6. The quantitative estimate of drug-likeness (QED) is 0.535. The molecule has 1 unspecified atom stereocenters. The van der Waals surface area contributed by atoms with E-state index in [9.17, 15) is 20.0 Å². The minimum absolute atomic E-state index is 0.0129. The van der Waals surface area contributed by atoms with Crippen LogP contribution in [0.5, 0.6) is 11.5 Å². The fourth-order valence-corrected chi connectivity index (χ4v) is 2.16. The number of benzene rings is 1. The van der Waals surface area contributed by atoms with Crippen LogP contribution in [0.2, 0.25) is 0 Å². The van der Waals surface area contributed by atoms with Gasteiger partial charge in [0.15, 0.2) is 0 Å². The molecule has 0 amide bonds. The van der Waals surface area contributed by atoms with Gasteiger partial charge in [0.2, 0.25) is 5.82 Å². The molecule has 0 bridgehead atoms. The Bertz CT molecular complexity index is 787. The van der Waals surface area contributed by atoms with E-state index in [0.717, 1.165) is 0 Å². The fourth-order valence-electron chi connectivity index (χ4n) is 2.16. The van der Waals surface area contributed by atoms with Gasteiger partial charge in [-0.2, -0.15) is 0 Å². The molecule has 0 fully saturated rings. The maximum atomic E-state index is 11.2. The SMILES string of the molecule is COc1ccc(C(=O)O)c(OCC(O)Cn2cc([N+](=O)[O-])nc2C)c1. The first-order valence-electron chi connectivity index (χ1n) is 7.22. The number of nitrogens with zero attached hydrogens (tertiary/aromatic N) is 3. The molecule has 0 saturated heterocycles. The highest BCUT2D eigenvalue weighted by molar-refractivity contribution is 5.91. The number of carboxylic acid groups (broad SMARTS) is 1. The second-order valence-corrected chi connectivity index (χ2v) is 5.19. The molecule has 0 radical (unpaired) electrons. The van der Waals surface area contributed by atoms with Gasteiger partial charge in [-0.15, -0.1) is 0 Å². The van der Waals surface area contributed by atoms with Crippen LogP contribution >= 0.6 is 0 Å². The largest absolute Gasteiger partial charge is 0.497 e. The van der Waals surface area contributed by atoms with Crippen molar-refractivity contribution in [3.05, 3.63) is 45.9 Å². The summed E-state index contributed by atoms with van der Waals surface area (Å²) in [5, 5.41) is 29.9. The van der Waals surface area contributed by atoms with Crippen LogP contribution < -0.4 is 9.47 Å². The molecule has 10 nitrogen and oxygen atoms in total. The summed E-state index contributed by atoms with van der Waals surface area (Å²) in [4.78, 5) is 25.0. The molecular formula is C15H17N3O7. The van der Waals surface area contributed by atoms with Crippen LogP contribution in [0.15, 0.2) is 24.4 Å². The number of carbonyl (C=O) groups is 1. The molecule has 2 rings (SSSR count). The van der Waals surface area contributed by atoms with Crippen molar-refractivity contribution in [1.82, 2.24) is 9.55 Å². The van der Waals surface area contributed by atoms with Crippen LogP contribution in [0.4, 0.5) is 5.82 Å². The number of nitro groups is 1. The van der Waals surface area contributed by atoms with Crippen molar-refractivity contribution in [3.8, 4) is 11.5 Å². The Labute approximate surface area is 142 Å². The normalized spacial score (nSPS) is 11.8. The molecule has 1 atom stereocenters. The second kappa shape index (κ2) is 7.62. The minimum atomic E-state index is -1.17. The standard InChI is InChI=1S/C15H17N3O7/c1-9-16-14(18(22)23)7-17(9)6-10(19)8-25-13-5-11(24-2)3-4-12(13)15(20)21/h3-5,7,10,19H,6,8H2,1-2H3,(H,20,21). The molecule has 1 aromatic carbocycles. The second-order valence-electron chi connectivity index (χ2n) is 5.19. The summed E-state index contributed by atoms with van der Waals surface area (Å²) in [5.74, 6) is -0.645. The van der Waals surface area contributed by atoms with Crippen molar-refractivity contribution >= 4 is 11.8 Å². The lowest BCUT2D eigenvalue weighted by Crippen LogP contribution is -2.24. The lowest BCUT2D eigenvalue weighted by atomic mass is 10.2. The van der Waals surface area contributed by atoms with Crippen LogP contribution in [0.25, 0.3) is 0 Å². The summed E-state index contributed by atoms with van der Waals surface area (Å²) < 4.78 is 11.8. The molecule has 10 heteroatoms. The number of aryl methyl sites for hydroxylation is 1. The van der Waals surface area contributed by atoms with E-state index in [2.05, 4.69) is 4.98 Å². The number of hydrogen-bond donors (Lipinski definition) is 2. The molecule has 1 aromatic heterocycles. The highest BCUT2D eigenvalue weighted by Crippen LogP contribution is 2.25. The van der Waals surface area contributed by atoms with Gasteiger partial charge in [-0.1, -0.05) is 0 Å². The van der Waals surface area contributed by atoms with E-state index >= 15 is 0 Å². The fraction of sp³-hybridized carbons (Fsp3) is 0.333. The van der Waals surface area contributed by atoms with Gasteiger partial charge in [0.05, 0.1) is 13.7 Å². The summed E-state index contributed by atoms with van der Waals surface area (Å²) in [7, 11) is 1.43.